The summed E-state index contributed by atoms with van der Waals surface area (Å²) in [6, 6.07) is 15.1. The average Bonchev–Trinajstić information content (AvgIpc) is 3.13. The zero-order chi connectivity index (χ0) is 23.2. The molecule has 0 aliphatic carbocycles. The molecule has 1 aromatic heterocycles. The number of fused-ring (bicyclic) bond motifs is 1. The minimum atomic E-state index is -4.47. The Labute approximate surface area is 187 Å². The van der Waals surface area contributed by atoms with Crippen LogP contribution >= 0.6 is 0 Å². The smallest absolute Gasteiger partial charge is 0.422 e. The molecule has 0 unspecified atom stereocenters. The van der Waals surface area contributed by atoms with Crippen molar-refractivity contribution < 1.29 is 27.8 Å². The fraction of sp³-hybridized carbons (Fsp3) is 0.250. The second-order valence-electron chi connectivity index (χ2n) is 8.16. The van der Waals surface area contributed by atoms with Crippen molar-refractivity contribution >= 4 is 11.6 Å². The van der Waals surface area contributed by atoms with Gasteiger partial charge in [0.2, 0.25) is 0 Å². The number of carbonyl (C=O) groups excluding carboxylic acids is 1. The molecular formula is C24H20F3N3O3. The largest absolute Gasteiger partial charge is 0.483 e. The van der Waals surface area contributed by atoms with Crippen molar-refractivity contribution in [2.75, 3.05) is 24.6 Å². The molecule has 2 aliphatic heterocycles. The van der Waals surface area contributed by atoms with E-state index in [1.807, 2.05) is 0 Å². The van der Waals surface area contributed by atoms with E-state index in [0.717, 1.165) is 5.56 Å². The molecule has 3 aromatic rings. The highest BCUT2D eigenvalue weighted by Crippen LogP contribution is 2.38. The van der Waals surface area contributed by atoms with Crippen LogP contribution in [0.15, 0.2) is 60.8 Å². The number of ether oxygens (including phenoxy) is 1. The van der Waals surface area contributed by atoms with E-state index >= 15 is 0 Å². The number of aromatic nitrogens is 1. The van der Waals surface area contributed by atoms with Crippen molar-refractivity contribution in [1.82, 2.24) is 10.3 Å². The molecule has 0 atom stereocenters. The molecule has 2 aromatic carbocycles. The van der Waals surface area contributed by atoms with E-state index < -0.39 is 18.4 Å². The first-order chi connectivity index (χ1) is 15.8. The highest BCUT2D eigenvalue weighted by Gasteiger charge is 2.37. The van der Waals surface area contributed by atoms with Gasteiger partial charge in [-0.3, -0.25) is 9.78 Å². The molecular weight excluding hydrogens is 435 g/mol. The second kappa shape index (κ2) is 7.86. The number of hydrogen-bond donors (Lipinski definition) is 2. The van der Waals surface area contributed by atoms with Gasteiger partial charge >= 0.3 is 6.18 Å². The molecule has 2 N–H and O–H groups in total. The molecule has 33 heavy (non-hydrogen) atoms. The Hall–Kier alpha value is -3.43. The number of benzene rings is 2. The molecule has 2 aliphatic rings. The Bertz CT molecular complexity index is 1210. The Morgan fingerprint density at radius 2 is 1.79 bits per heavy atom. The molecule has 1 amide bonds. The SMILES string of the molecule is O=C1c2ccnc(-c3ccccc3OCC(F)(F)F)c2CN1c1ccc(C2(O)CNC2)cc1. The third-order valence-electron chi connectivity index (χ3n) is 5.93. The van der Waals surface area contributed by atoms with Crippen LogP contribution in [0.4, 0.5) is 18.9 Å². The minimum absolute atomic E-state index is 0.0494. The first-order valence-corrected chi connectivity index (χ1v) is 10.4. The van der Waals surface area contributed by atoms with E-state index in [1.165, 1.54) is 12.3 Å². The van der Waals surface area contributed by atoms with Crippen LogP contribution in [-0.2, 0) is 12.1 Å². The molecule has 1 saturated heterocycles. The summed E-state index contributed by atoms with van der Waals surface area (Å²) in [4.78, 5) is 19.1. The topological polar surface area (TPSA) is 74.7 Å². The summed E-state index contributed by atoms with van der Waals surface area (Å²) in [7, 11) is 0. The third-order valence-corrected chi connectivity index (χ3v) is 5.93. The van der Waals surface area contributed by atoms with Gasteiger partial charge in [-0.2, -0.15) is 13.2 Å². The first kappa shape index (κ1) is 21.4. The second-order valence-corrected chi connectivity index (χ2v) is 8.16. The summed E-state index contributed by atoms with van der Waals surface area (Å²) in [5, 5.41) is 13.5. The van der Waals surface area contributed by atoms with E-state index in [2.05, 4.69) is 10.3 Å². The van der Waals surface area contributed by atoms with Crippen LogP contribution < -0.4 is 15.0 Å². The molecule has 1 fully saturated rings. The summed E-state index contributed by atoms with van der Waals surface area (Å²) >= 11 is 0. The van der Waals surface area contributed by atoms with Gasteiger partial charge < -0.3 is 20.1 Å². The van der Waals surface area contributed by atoms with Crippen molar-refractivity contribution in [3.63, 3.8) is 0 Å². The highest BCUT2D eigenvalue weighted by molar-refractivity contribution is 6.11. The lowest BCUT2D eigenvalue weighted by molar-refractivity contribution is -0.153. The first-order valence-electron chi connectivity index (χ1n) is 10.4. The number of amides is 1. The van der Waals surface area contributed by atoms with Crippen LogP contribution in [0.25, 0.3) is 11.3 Å². The number of carbonyl (C=O) groups is 1. The van der Waals surface area contributed by atoms with E-state index in [4.69, 9.17) is 4.74 Å². The number of β-amino-alcohol motifs (C(OH)–C–C–N with tert-alkyl or cyclic N) is 1. The van der Waals surface area contributed by atoms with E-state index in [-0.39, 0.29) is 18.2 Å². The number of alkyl halides is 3. The van der Waals surface area contributed by atoms with E-state index in [1.54, 1.807) is 53.4 Å². The maximum Gasteiger partial charge on any atom is 0.422 e. The van der Waals surface area contributed by atoms with Gasteiger partial charge in [-0.05, 0) is 35.9 Å². The molecule has 3 heterocycles. The van der Waals surface area contributed by atoms with Crippen molar-refractivity contribution in [3.05, 3.63) is 77.5 Å². The van der Waals surface area contributed by atoms with Crippen LogP contribution in [0.2, 0.25) is 0 Å². The number of nitrogens with zero attached hydrogens (tertiary/aromatic N) is 2. The number of para-hydroxylation sites is 1. The van der Waals surface area contributed by atoms with E-state index in [0.29, 0.717) is 41.2 Å². The number of aliphatic hydroxyl groups is 1. The summed E-state index contributed by atoms with van der Waals surface area (Å²) in [5.41, 5.74) is 2.40. The monoisotopic (exact) mass is 455 g/mol. The number of anilines is 1. The van der Waals surface area contributed by atoms with Crippen LogP contribution in [-0.4, -0.2) is 41.9 Å². The van der Waals surface area contributed by atoms with Crippen LogP contribution in [0.1, 0.15) is 21.5 Å². The normalized spacial score (nSPS) is 17.0. The lowest BCUT2D eigenvalue weighted by Gasteiger charge is -2.38. The maximum atomic E-state index is 13.1. The predicted molar refractivity (Wildman–Crippen MR) is 115 cm³/mol. The number of nitrogens with one attached hydrogen (secondary N) is 1. The molecule has 5 rings (SSSR count). The third kappa shape index (κ3) is 3.94. The number of hydrogen-bond acceptors (Lipinski definition) is 5. The number of rotatable bonds is 5. The standard InChI is InChI=1S/C24H20F3N3O3/c25-24(26,27)14-33-20-4-2-1-3-18(20)21-19-11-30(22(31)17(19)9-10-29-21)16-7-5-15(6-8-16)23(32)12-28-13-23/h1-10,28,32H,11-14H2. The van der Waals surface area contributed by atoms with Crippen molar-refractivity contribution in [2.45, 2.75) is 18.3 Å². The fourth-order valence-corrected chi connectivity index (χ4v) is 4.13. The van der Waals surface area contributed by atoms with Crippen LogP contribution in [0.3, 0.4) is 0 Å². The van der Waals surface area contributed by atoms with Crippen molar-refractivity contribution in [3.8, 4) is 17.0 Å². The molecule has 0 bridgehead atoms. The van der Waals surface area contributed by atoms with Crippen LogP contribution in [0, 0.1) is 0 Å². The molecule has 6 nitrogen and oxygen atoms in total. The zero-order valence-electron chi connectivity index (χ0n) is 17.4. The van der Waals surface area contributed by atoms with Gasteiger partial charge in [0.15, 0.2) is 6.61 Å². The van der Waals surface area contributed by atoms with Gasteiger partial charge in [-0.25, -0.2) is 0 Å². The summed E-state index contributed by atoms with van der Waals surface area (Å²) < 4.78 is 43.1. The summed E-state index contributed by atoms with van der Waals surface area (Å²) in [6.45, 7) is -0.245. The maximum absolute atomic E-state index is 13.1. The van der Waals surface area contributed by atoms with Gasteiger partial charge in [0.05, 0.1) is 12.2 Å². The Kier molecular flexibility index (Phi) is 5.10. The summed E-state index contributed by atoms with van der Waals surface area (Å²) in [6.07, 6.45) is -3.00. The van der Waals surface area contributed by atoms with Gasteiger partial charge in [0.1, 0.15) is 11.4 Å². The lowest BCUT2D eigenvalue weighted by Crippen LogP contribution is -2.56. The predicted octanol–water partition coefficient (Wildman–Crippen LogP) is 3.64. The van der Waals surface area contributed by atoms with E-state index in [9.17, 15) is 23.1 Å². The zero-order valence-corrected chi connectivity index (χ0v) is 17.4. The van der Waals surface area contributed by atoms with Gasteiger partial charge in [0.25, 0.3) is 5.91 Å². The average molecular weight is 455 g/mol. The quantitative estimate of drug-likeness (QED) is 0.615. The molecule has 0 saturated carbocycles. The highest BCUT2D eigenvalue weighted by atomic mass is 19.4. The molecule has 0 spiro atoms. The molecule has 0 radical (unpaired) electrons. The lowest BCUT2D eigenvalue weighted by atomic mass is 9.88. The number of pyridine rings is 1. The molecule has 9 heteroatoms. The Balaban J connectivity index is 1.45. The minimum Gasteiger partial charge on any atom is -0.483 e. The Morgan fingerprint density at radius 3 is 2.45 bits per heavy atom. The fourth-order valence-electron chi connectivity index (χ4n) is 4.13. The van der Waals surface area contributed by atoms with Crippen molar-refractivity contribution in [1.29, 1.82) is 0 Å². The Morgan fingerprint density at radius 1 is 1.06 bits per heavy atom. The van der Waals surface area contributed by atoms with Gasteiger partial charge in [-0.15, -0.1) is 0 Å². The number of halogens is 3. The van der Waals surface area contributed by atoms with Gasteiger partial charge in [-0.1, -0.05) is 24.3 Å². The molecule has 170 valence electrons. The van der Waals surface area contributed by atoms with Crippen LogP contribution in [0.5, 0.6) is 5.75 Å². The van der Waals surface area contributed by atoms with Crippen molar-refractivity contribution in [2.24, 2.45) is 0 Å². The summed E-state index contributed by atoms with van der Waals surface area (Å²) in [5.74, 6) is -0.174. The van der Waals surface area contributed by atoms with Gasteiger partial charge in [0, 0.05) is 41.7 Å².